The molecule has 4 heterocycles. The number of fused-ring (bicyclic) bond motifs is 3. The Morgan fingerprint density at radius 3 is 2.83 bits per heavy atom. The molecule has 0 saturated carbocycles. The predicted octanol–water partition coefficient (Wildman–Crippen LogP) is 2.74. The van der Waals surface area contributed by atoms with E-state index in [2.05, 4.69) is 21.4 Å². The Balaban J connectivity index is 1.55. The summed E-state index contributed by atoms with van der Waals surface area (Å²) in [4.78, 5) is 22.1. The second-order valence-electron chi connectivity index (χ2n) is 8.15. The van der Waals surface area contributed by atoms with Crippen LogP contribution in [-0.4, -0.2) is 59.6 Å². The summed E-state index contributed by atoms with van der Waals surface area (Å²) in [5.74, 6) is 1.23. The molecule has 0 radical (unpaired) electrons. The smallest absolute Gasteiger partial charge is 0.227 e. The van der Waals surface area contributed by atoms with Gasteiger partial charge in [0.1, 0.15) is 11.9 Å². The molecule has 1 amide bonds. The second-order valence-corrected chi connectivity index (χ2v) is 8.15. The summed E-state index contributed by atoms with van der Waals surface area (Å²) in [6.07, 6.45) is 1.88. The van der Waals surface area contributed by atoms with E-state index in [-0.39, 0.29) is 11.8 Å². The van der Waals surface area contributed by atoms with Crippen molar-refractivity contribution in [1.82, 2.24) is 14.3 Å². The van der Waals surface area contributed by atoms with Crippen LogP contribution in [0.1, 0.15) is 24.0 Å². The van der Waals surface area contributed by atoms with Crippen molar-refractivity contribution in [3.63, 3.8) is 0 Å². The van der Waals surface area contributed by atoms with Gasteiger partial charge in [-0.3, -0.25) is 9.20 Å². The van der Waals surface area contributed by atoms with E-state index in [1.54, 1.807) is 0 Å². The number of carbonyl (C=O) groups is 1. The Bertz CT molecular complexity index is 1160. The summed E-state index contributed by atoms with van der Waals surface area (Å²) < 4.78 is 7.49. The minimum absolute atomic E-state index is 0.0161. The van der Waals surface area contributed by atoms with Gasteiger partial charge in [0.2, 0.25) is 5.91 Å². The van der Waals surface area contributed by atoms with Crippen molar-refractivity contribution >= 4 is 28.4 Å². The van der Waals surface area contributed by atoms with Crippen molar-refractivity contribution in [1.29, 1.82) is 5.26 Å². The van der Waals surface area contributed by atoms with Crippen molar-refractivity contribution in [2.45, 2.75) is 19.8 Å². The number of imidazole rings is 1. The first kappa shape index (κ1) is 18.9. The van der Waals surface area contributed by atoms with Crippen LogP contribution < -0.4 is 4.90 Å². The van der Waals surface area contributed by atoms with Gasteiger partial charge < -0.3 is 14.5 Å². The molecule has 7 nitrogen and oxygen atoms in total. The van der Waals surface area contributed by atoms with Crippen LogP contribution in [0, 0.1) is 24.2 Å². The van der Waals surface area contributed by atoms with E-state index in [0.717, 1.165) is 41.8 Å². The molecule has 2 aliphatic heterocycles. The number of nitriles is 1. The number of amides is 1. The van der Waals surface area contributed by atoms with Crippen molar-refractivity contribution in [2.75, 3.05) is 44.3 Å². The number of benzene rings is 1. The average Bonchev–Trinajstić information content (AvgIpc) is 3.18. The molecule has 154 valence electrons. The van der Waals surface area contributed by atoms with Gasteiger partial charge in [-0.1, -0.05) is 12.1 Å². The summed E-state index contributed by atoms with van der Waals surface area (Å²) in [5.41, 5.74) is 4.07. The van der Waals surface area contributed by atoms with Gasteiger partial charge in [0.05, 0.1) is 35.7 Å². The van der Waals surface area contributed by atoms with Crippen LogP contribution in [0.3, 0.4) is 0 Å². The van der Waals surface area contributed by atoms with Crippen molar-refractivity contribution in [2.24, 2.45) is 5.92 Å². The quantitative estimate of drug-likeness (QED) is 0.658. The molecule has 1 atom stereocenters. The van der Waals surface area contributed by atoms with Gasteiger partial charge in [0.25, 0.3) is 0 Å². The Labute approximate surface area is 175 Å². The Morgan fingerprint density at radius 2 is 2.03 bits per heavy atom. The minimum atomic E-state index is -0.0161. The topological polar surface area (TPSA) is 73.9 Å². The normalized spacial score (nSPS) is 19.9. The Hall–Kier alpha value is -3.11. The fourth-order valence-electron chi connectivity index (χ4n) is 4.73. The maximum Gasteiger partial charge on any atom is 0.227 e. The Kier molecular flexibility index (Phi) is 4.80. The maximum absolute atomic E-state index is 13.1. The van der Waals surface area contributed by atoms with Gasteiger partial charge in [-0.2, -0.15) is 5.26 Å². The third-order valence-electron chi connectivity index (χ3n) is 6.28. The molecule has 0 N–H and O–H groups in total. The van der Waals surface area contributed by atoms with Crippen LogP contribution in [0.25, 0.3) is 16.7 Å². The van der Waals surface area contributed by atoms with Crippen LogP contribution >= 0.6 is 0 Å². The second kappa shape index (κ2) is 7.62. The highest BCUT2D eigenvalue weighted by atomic mass is 16.5. The van der Waals surface area contributed by atoms with Crippen LogP contribution in [-0.2, 0) is 9.53 Å². The predicted molar refractivity (Wildman–Crippen MR) is 114 cm³/mol. The molecule has 0 aliphatic carbocycles. The number of carbonyl (C=O) groups excluding carboxylic acids is 1. The highest BCUT2D eigenvalue weighted by Gasteiger charge is 2.31. The van der Waals surface area contributed by atoms with Crippen molar-refractivity contribution < 1.29 is 9.53 Å². The zero-order valence-corrected chi connectivity index (χ0v) is 17.2. The third-order valence-corrected chi connectivity index (χ3v) is 6.28. The number of hydrogen-bond acceptors (Lipinski definition) is 5. The lowest BCUT2D eigenvalue weighted by molar-refractivity contribution is -0.139. The largest absolute Gasteiger partial charge is 0.378 e. The van der Waals surface area contributed by atoms with E-state index >= 15 is 0 Å². The standard InChI is InChI=1S/C23H25N5O2/c1-16-13-21(28-20-7-3-2-6-19(20)25-22(28)18(16)14-24)27-8-4-5-17(15-27)23(29)26-9-11-30-12-10-26/h2-3,6-7,13,17H,4-5,8-12,15H2,1H3/t17-/m0/s1. The number of aromatic nitrogens is 2. The minimum Gasteiger partial charge on any atom is -0.378 e. The number of nitrogens with zero attached hydrogens (tertiary/aromatic N) is 5. The fraction of sp³-hybridized carbons (Fsp3) is 0.435. The molecule has 5 rings (SSSR count). The fourth-order valence-corrected chi connectivity index (χ4v) is 4.73. The van der Waals surface area contributed by atoms with E-state index in [1.165, 1.54) is 0 Å². The van der Waals surface area contributed by atoms with E-state index in [4.69, 9.17) is 9.72 Å². The van der Waals surface area contributed by atoms with Gasteiger partial charge in [0.15, 0.2) is 5.65 Å². The summed E-state index contributed by atoms with van der Waals surface area (Å²) in [6, 6.07) is 12.4. The molecule has 0 spiro atoms. The van der Waals surface area contributed by atoms with E-state index in [1.807, 2.05) is 36.1 Å². The lowest BCUT2D eigenvalue weighted by Crippen LogP contribution is -2.48. The molecule has 2 saturated heterocycles. The molecule has 2 fully saturated rings. The molecule has 7 heteroatoms. The first-order valence-electron chi connectivity index (χ1n) is 10.6. The first-order chi connectivity index (χ1) is 14.7. The molecule has 3 aromatic rings. The van der Waals surface area contributed by atoms with E-state index in [9.17, 15) is 10.1 Å². The van der Waals surface area contributed by atoms with Gasteiger partial charge >= 0.3 is 0 Å². The molecule has 0 unspecified atom stereocenters. The van der Waals surface area contributed by atoms with Gasteiger partial charge in [0, 0.05) is 26.2 Å². The van der Waals surface area contributed by atoms with Gasteiger partial charge in [-0.25, -0.2) is 4.98 Å². The zero-order valence-electron chi connectivity index (χ0n) is 17.2. The number of rotatable bonds is 2. The van der Waals surface area contributed by atoms with Crippen LogP contribution in [0.2, 0.25) is 0 Å². The van der Waals surface area contributed by atoms with E-state index < -0.39 is 0 Å². The number of hydrogen-bond donors (Lipinski definition) is 0. The van der Waals surface area contributed by atoms with Crippen molar-refractivity contribution in [3.05, 3.63) is 41.5 Å². The van der Waals surface area contributed by atoms with Crippen LogP contribution in [0.15, 0.2) is 30.3 Å². The number of anilines is 1. The number of para-hydroxylation sites is 2. The maximum atomic E-state index is 13.1. The number of aryl methyl sites for hydroxylation is 1. The lowest BCUT2D eigenvalue weighted by Gasteiger charge is -2.37. The zero-order chi connectivity index (χ0) is 20.7. The highest BCUT2D eigenvalue weighted by Crippen LogP contribution is 2.31. The van der Waals surface area contributed by atoms with Crippen molar-refractivity contribution in [3.8, 4) is 6.07 Å². The molecule has 30 heavy (non-hydrogen) atoms. The number of pyridine rings is 1. The summed E-state index contributed by atoms with van der Waals surface area (Å²) in [5, 5.41) is 9.72. The van der Waals surface area contributed by atoms with Gasteiger partial charge in [-0.15, -0.1) is 0 Å². The molecule has 2 aliphatic rings. The monoisotopic (exact) mass is 403 g/mol. The van der Waals surface area contributed by atoms with Crippen LogP contribution in [0.4, 0.5) is 5.82 Å². The number of ether oxygens (including phenoxy) is 1. The SMILES string of the molecule is Cc1cc(N2CCC[C@H](C(=O)N3CCOCC3)C2)n2c(nc3ccccc32)c1C#N. The molecular weight excluding hydrogens is 378 g/mol. The summed E-state index contributed by atoms with van der Waals surface area (Å²) in [7, 11) is 0. The number of morpholine rings is 1. The summed E-state index contributed by atoms with van der Waals surface area (Å²) >= 11 is 0. The average molecular weight is 403 g/mol. The third kappa shape index (κ3) is 3.08. The van der Waals surface area contributed by atoms with E-state index in [0.29, 0.717) is 44.1 Å². The van der Waals surface area contributed by atoms with Gasteiger partial charge in [-0.05, 0) is 43.5 Å². The van der Waals surface area contributed by atoms with Crippen LogP contribution in [0.5, 0.6) is 0 Å². The first-order valence-corrected chi connectivity index (χ1v) is 10.6. The highest BCUT2D eigenvalue weighted by molar-refractivity contribution is 5.85. The summed E-state index contributed by atoms with van der Waals surface area (Å²) in [6.45, 7) is 6.14. The molecule has 0 bridgehead atoms. The molecular formula is C23H25N5O2. The molecule has 1 aromatic carbocycles. The molecule has 2 aromatic heterocycles. The Morgan fingerprint density at radius 1 is 1.23 bits per heavy atom. The number of piperidine rings is 1. The lowest BCUT2D eigenvalue weighted by atomic mass is 9.96.